The van der Waals surface area contributed by atoms with Crippen LogP contribution in [0, 0.1) is 11.3 Å². The molecule has 1 radical (unpaired) electrons. The zero-order valence-electron chi connectivity index (χ0n) is 3.27. The Morgan fingerprint density at radius 2 is 2.50 bits per heavy atom. The maximum atomic E-state index is 9.71. The van der Waals surface area contributed by atoms with Crippen molar-refractivity contribution in [2.45, 2.75) is 6.42 Å². The van der Waals surface area contributed by atoms with E-state index in [9.17, 15) is 5.11 Å². The predicted molar refractivity (Wildman–Crippen MR) is 20.1 cm³/mol. The Labute approximate surface area is 36.3 Å². The second-order valence-electron chi connectivity index (χ2n) is 0.874. The van der Waals surface area contributed by atoms with Crippen molar-refractivity contribution >= 4 is 0 Å². The third-order valence-electron chi connectivity index (χ3n) is 0.276. The molecule has 0 N–H and O–H groups in total. The van der Waals surface area contributed by atoms with Crippen LogP contribution in [0.1, 0.15) is 6.42 Å². The summed E-state index contributed by atoms with van der Waals surface area (Å²) in [7, 11) is 0. The third kappa shape index (κ3) is 3.03. The van der Waals surface area contributed by atoms with Gasteiger partial charge in [-0.15, -0.1) is 0 Å². The number of nitrogens with zero attached hydrogens (tertiary/aromatic N) is 1. The van der Waals surface area contributed by atoms with Gasteiger partial charge in [0.15, 0.2) is 5.76 Å². The van der Waals surface area contributed by atoms with Crippen molar-refractivity contribution in [3.05, 3.63) is 12.3 Å². The highest BCUT2D eigenvalue weighted by molar-refractivity contribution is 4.90. The Morgan fingerprint density at radius 1 is 2.00 bits per heavy atom. The van der Waals surface area contributed by atoms with Gasteiger partial charge in [0.25, 0.3) is 0 Å². The van der Waals surface area contributed by atoms with Gasteiger partial charge in [-0.2, -0.15) is 5.26 Å². The van der Waals surface area contributed by atoms with Crippen LogP contribution >= 0.6 is 0 Å². The van der Waals surface area contributed by atoms with E-state index in [1.807, 2.05) is 0 Å². The smallest absolute Gasteiger partial charge is 0.162 e. The Morgan fingerprint density at radius 3 is 2.50 bits per heavy atom. The summed E-state index contributed by atoms with van der Waals surface area (Å²) in [5, 5.41) is 17.4. The lowest BCUT2D eigenvalue weighted by atomic mass is 10.4. The van der Waals surface area contributed by atoms with Crippen LogP contribution in [0.25, 0.3) is 0 Å². The Hall–Kier alpha value is -0.970. The molecule has 0 aliphatic heterocycles. The number of rotatable bonds is 1. The van der Waals surface area contributed by atoms with Gasteiger partial charge < -0.3 is 0 Å². The highest BCUT2D eigenvalue weighted by Gasteiger charge is 1.82. The van der Waals surface area contributed by atoms with Crippen LogP contribution in [0.2, 0.25) is 0 Å². The summed E-state index contributed by atoms with van der Waals surface area (Å²) in [6.07, 6.45) is -0.0694. The fourth-order valence-electron chi connectivity index (χ4n) is 0.0882. The molecular formula is C4H4NO. The number of allylic oxidation sites excluding steroid dienone is 1. The number of hydrogen-bond acceptors (Lipinski definition) is 1. The first-order valence-electron chi connectivity index (χ1n) is 1.49. The largest absolute Gasteiger partial charge is 0.294 e. The van der Waals surface area contributed by atoms with Gasteiger partial charge in [-0.25, -0.2) is 0 Å². The van der Waals surface area contributed by atoms with E-state index in [1.54, 1.807) is 6.07 Å². The van der Waals surface area contributed by atoms with Crippen molar-refractivity contribution in [3.63, 3.8) is 0 Å². The van der Waals surface area contributed by atoms with Gasteiger partial charge in [-0.1, -0.05) is 6.58 Å². The molecule has 0 saturated carbocycles. The van der Waals surface area contributed by atoms with E-state index in [1.165, 1.54) is 0 Å². The lowest BCUT2D eigenvalue weighted by Crippen LogP contribution is -1.66. The average molecular weight is 82.1 g/mol. The van der Waals surface area contributed by atoms with Gasteiger partial charge in [0.2, 0.25) is 0 Å². The van der Waals surface area contributed by atoms with E-state index in [0.29, 0.717) is 0 Å². The first-order chi connectivity index (χ1) is 2.77. The molecule has 0 aromatic heterocycles. The van der Waals surface area contributed by atoms with Gasteiger partial charge in [0, 0.05) is 0 Å². The van der Waals surface area contributed by atoms with Crippen LogP contribution in [0.3, 0.4) is 0 Å². The molecule has 0 amide bonds. The molecule has 0 aromatic rings. The van der Waals surface area contributed by atoms with Crippen LogP contribution in [-0.2, 0) is 5.11 Å². The maximum Gasteiger partial charge on any atom is 0.162 e. The predicted octanol–water partition coefficient (Wildman–Crippen LogP) is 0.844. The molecule has 0 atom stereocenters. The highest BCUT2D eigenvalue weighted by atomic mass is 16.3. The van der Waals surface area contributed by atoms with Crippen molar-refractivity contribution in [2.24, 2.45) is 0 Å². The summed E-state index contributed by atoms with van der Waals surface area (Å²) < 4.78 is 0. The molecule has 6 heavy (non-hydrogen) atoms. The topological polar surface area (TPSA) is 43.7 Å². The summed E-state index contributed by atoms with van der Waals surface area (Å²) in [6, 6.07) is 1.66. The molecule has 0 aliphatic carbocycles. The van der Waals surface area contributed by atoms with Crippen molar-refractivity contribution in [3.8, 4) is 6.07 Å². The summed E-state index contributed by atoms with van der Waals surface area (Å²) in [6.45, 7) is 2.97. The van der Waals surface area contributed by atoms with Gasteiger partial charge in [0.05, 0.1) is 12.5 Å². The Balaban J connectivity index is 3.13. The molecule has 0 aliphatic rings. The van der Waals surface area contributed by atoms with E-state index in [0.717, 1.165) is 0 Å². The van der Waals surface area contributed by atoms with Gasteiger partial charge in [0.1, 0.15) is 0 Å². The molecule has 31 valence electrons. The number of hydrogen-bond donors (Lipinski definition) is 0. The van der Waals surface area contributed by atoms with Gasteiger partial charge in [-0.3, -0.25) is 5.11 Å². The molecule has 0 fully saturated rings. The first-order valence-corrected chi connectivity index (χ1v) is 1.49. The fourth-order valence-corrected chi connectivity index (χ4v) is 0.0882. The van der Waals surface area contributed by atoms with E-state index >= 15 is 0 Å². The van der Waals surface area contributed by atoms with E-state index in [4.69, 9.17) is 5.26 Å². The minimum absolute atomic E-state index is 0.0694. The average Bonchev–Trinajstić information content (AvgIpc) is 1.35. The van der Waals surface area contributed by atoms with Crippen LogP contribution in [-0.4, -0.2) is 0 Å². The van der Waals surface area contributed by atoms with E-state index < -0.39 is 0 Å². The van der Waals surface area contributed by atoms with Crippen LogP contribution < -0.4 is 0 Å². The zero-order chi connectivity index (χ0) is 4.99. The van der Waals surface area contributed by atoms with Crippen LogP contribution in [0.5, 0.6) is 0 Å². The van der Waals surface area contributed by atoms with Crippen molar-refractivity contribution in [1.82, 2.24) is 0 Å². The standard InChI is InChI=1S/C4H4NO/c1-4(6)2-3-5/h1-2H2. The zero-order valence-corrected chi connectivity index (χ0v) is 3.27. The van der Waals surface area contributed by atoms with Crippen molar-refractivity contribution in [1.29, 1.82) is 5.26 Å². The molecular weight excluding hydrogens is 78.0 g/mol. The van der Waals surface area contributed by atoms with E-state index in [-0.39, 0.29) is 12.2 Å². The normalized spacial score (nSPS) is 6.50. The molecule has 0 bridgehead atoms. The molecule has 0 rings (SSSR count). The molecule has 2 heteroatoms. The minimum atomic E-state index is -0.322. The van der Waals surface area contributed by atoms with Gasteiger partial charge >= 0.3 is 0 Å². The summed E-state index contributed by atoms with van der Waals surface area (Å²) >= 11 is 0. The molecule has 0 saturated heterocycles. The molecule has 0 spiro atoms. The summed E-state index contributed by atoms with van der Waals surface area (Å²) in [5.74, 6) is -0.322. The fraction of sp³-hybridized carbons (Fsp3) is 0.250. The second-order valence-corrected chi connectivity index (χ2v) is 0.874. The maximum absolute atomic E-state index is 9.71. The monoisotopic (exact) mass is 82.0 g/mol. The molecule has 0 heterocycles. The van der Waals surface area contributed by atoms with Crippen molar-refractivity contribution < 1.29 is 5.11 Å². The number of nitriles is 1. The second kappa shape index (κ2) is 2.28. The first kappa shape index (κ1) is 5.03. The molecule has 0 aromatic carbocycles. The summed E-state index contributed by atoms with van der Waals surface area (Å²) in [4.78, 5) is 0. The van der Waals surface area contributed by atoms with Crippen LogP contribution in [0.4, 0.5) is 0 Å². The lowest BCUT2D eigenvalue weighted by molar-refractivity contribution is 0.294. The molecule has 0 unspecified atom stereocenters. The molecule has 2 nitrogen and oxygen atoms in total. The highest BCUT2D eigenvalue weighted by Crippen LogP contribution is 1.86. The SMILES string of the molecule is C=C([O])CC#N. The van der Waals surface area contributed by atoms with Gasteiger partial charge in [-0.05, 0) is 0 Å². The van der Waals surface area contributed by atoms with Crippen LogP contribution in [0.15, 0.2) is 12.3 Å². The summed E-state index contributed by atoms with van der Waals surface area (Å²) in [5.41, 5.74) is 0. The Kier molecular flexibility index (Phi) is 1.91. The third-order valence-corrected chi connectivity index (χ3v) is 0.276. The van der Waals surface area contributed by atoms with E-state index in [2.05, 4.69) is 6.58 Å². The quantitative estimate of drug-likeness (QED) is 0.432. The Bertz CT molecular complexity index is 90.2. The van der Waals surface area contributed by atoms with Crippen molar-refractivity contribution in [2.75, 3.05) is 0 Å². The minimum Gasteiger partial charge on any atom is -0.294 e. The lowest BCUT2D eigenvalue weighted by Gasteiger charge is -1.71.